The lowest BCUT2D eigenvalue weighted by atomic mass is 9.77. The normalized spacial score (nSPS) is 19.6. The fourth-order valence-corrected chi connectivity index (χ4v) is 4.14. The van der Waals surface area contributed by atoms with Crippen molar-refractivity contribution in [1.29, 1.82) is 0 Å². The summed E-state index contributed by atoms with van der Waals surface area (Å²) in [6.07, 6.45) is 10.5. The molecule has 4 heteroatoms. The molecule has 0 N–H and O–H groups in total. The molecule has 2 aromatic carbocycles. The van der Waals surface area contributed by atoms with Crippen molar-refractivity contribution in [3.8, 4) is 5.75 Å². The Labute approximate surface area is 165 Å². The van der Waals surface area contributed by atoms with Crippen LogP contribution in [0.4, 0.5) is 13.2 Å². The fraction of sp³-hybridized carbons (Fsp3) is 0.500. The maximum Gasteiger partial charge on any atom is 0.194 e. The van der Waals surface area contributed by atoms with Crippen molar-refractivity contribution in [1.82, 2.24) is 0 Å². The van der Waals surface area contributed by atoms with Gasteiger partial charge in [0.05, 0.1) is 0 Å². The van der Waals surface area contributed by atoms with E-state index in [4.69, 9.17) is 4.74 Å². The van der Waals surface area contributed by atoms with Crippen LogP contribution >= 0.6 is 0 Å². The van der Waals surface area contributed by atoms with Gasteiger partial charge in [-0.3, -0.25) is 0 Å². The molecule has 1 aliphatic carbocycles. The molecule has 28 heavy (non-hydrogen) atoms. The molecule has 2 aromatic rings. The SMILES string of the molecule is CCCCC[C@H]1CC[C@H](c2ccc(COc3cc(F)c(F)c(F)c3)cc2)CC1. The molecule has 3 rings (SSSR count). The molecule has 152 valence electrons. The zero-order valence-electron chi connectivity index (χ0n) is 16.5. The summed E-state index contributed by atoms with van der Waals surface area (Å²) >= 11 is 0. The van der Waals surface area contributed by atoms with Gasteiger partial charge in [-0.1, -0.05) is 56.9 Å². The predicted molar refractivity (Wildman–Crippen MR) is 106 cm³/mol. The van der Waals surface area contributed by atoms with Crippen LogP contribution in [-0.4, -0.2) is 0 Å². The van der Waals surface area contributed by atoms with E-state index >= 15 is 0 Å². The second-order valence-corrected chi connectivity index (χ2v) is 7.94. The molecule has 0 radical (unpaired) electrons. The van der Waals surface area contributed by atoms with Crippen molar-refractivity contribution in [2.45, 2.75) is 70.8 Å². The highest BCUT2D eigenvalue weighted by molar-refractivity contribution is 5.28. The number of hydrogen-bond donors (Lipinski definition) is 0. The zero-order valence-corrected chi connectivity index (χ0v) is 16.5. The largest absolute Gasteiger partial charge is 0.489 e. The van der Waals surface area contributed by atoms with Gasteiger partial charge in [0.25, 0.3) is 0 Å². The molecule has 0 aromatic heterocycles. The number of hydrogen-bond acceptors (Lipinski definition) is 1. The summed E-state index contributed by atoms with van der Waals surface area (Å²) in [6, 6.07) is 9.99. The highest BCUT2D eigenvalue weighted by Crippen LogP contribution is 2.37. The Hall–Kier alpha value is -1.97. The molecule has 0 heterocycles. The summed E-state index contributed by atoms with van der Waals surface area (Å²) in [5, 5.41) is 0. The second kappa shape index (κ2) is 9.99. The lowest BCUT2D eigenvalue weighted by molar-refractivity contribution is 0.298. The highest BCUT2D eigenvalue weighted by atomic mass is 19.2. The van der Waals surface area contributed by atoms with Crippen LogP contribution in [0.25, 0.3) is 0 Å². The summed E-state index contributed by atoms with van der Waals surface area (Å²) in [7, 11) is 0. The first-order valence-corrected chi connectivity index (χ1v) is 10.4. The fourth-order valence-electron chi connectivity index (χ4n) is 4.14. The van der Waals surface area contributed by atoms with E-state index in [0.717, 1.165) is 23.6 Å². The van der Waals surface area contributed by atoms with Gasteiger partial charge < -0.3 is 4.74 Å². The van der Waals surface area contributed by atoms with Crippen LogP contribution in [0.5, 0.6) is 5.75 Å². The number of ether oxygens (including phenoxy) is 1. The topological polar surface area (TPSA) is 9.23 Å². The molecule has 0 atom stereocenters. The van der Waals surface area contributed by atoms with Gasteiger partial charge in [0, 0.05) is 12.1 Å². The van der Waals surface area contributed by atoms with E-state index in [0.29, 0.717) is 5.92 Å². The molecule has 1 aliphatic rings. The summed E-state index contributed by atoms with van der Waals surface area (Å²) in [4.78, 5) is 0. The third kappa shape index (κ3) is 5.52. The molecular formula is C24H29F3O. The minimum absolute atomic E-state index is 0.0122. The van der Waals surface area contributed by atoms with Gasteiger partial charge in [0.15, 0.2) is 17.5 Å². The van der Waals surface area contributed by atoms with E-state index in [-0.39, 0.29) is 12.4 Å². The van der Waals surface area contributed by atoms with Crippen LogP contribution in [0.2, 0.25) is 0 Å². The van der Waals surface area contributed by atoms with E-state index in [1.54, 1.807) is 0 Å². The smallest absolute Gasteiger partial charge is 0.194 e. The van der Waals surface area contributed by atoms with Crippen molar-refractivity contribution in [3.05, 3.63) is 65.0 Å². The molecule has 1 nitrogen and oxygen atoms in total. The third-order valence-electron chi connectivity index (χ3n) is 5.88. The lowest BCUT2D eigenvalue weighted by Gasteiger charge is -2.29. The molecule has 0 bridgehead atoms. The van der Waals surface area contributed by atoms with Crippen molar-refractivity contribution >= 4 is 0 Å². The first-order chi connectivity index (χ1) is 13.6. The lowest BCUT2D eigenvalue weighted by Crippen LogP contribution is -2.13. The average Bonchev–Trinajstić information content (AvgIpc) is 2.71. The van der Waals surface area contributed by atoms with Crippen molar-refractivity contribution in [3.63, 3.8) is 0 Å². The van der Waals surface area contributed by atoms with E-state index in [9.17, 15) is 13.2 Å². The van der Waals surface area contributed by atoms with E-state index in [1.807, 2.05) is 12.1 Å². The predicted octanol–water partition coefficient (Wildman–Crippen LogP) is 7.54. The van der Waals surface area contributed by atoms with E-state index in [2.05, 4.69) is 19.1 Å². The zero-order chi connectivity index (χ0) is 19.9. The van der Waals surface area contributed by atoms with Crippen LogP contribution in [0, 0.1) is 23.4 Å². The van der Waals surface area contributed by atoms with Crippen LogP contribution in [0.15, 0.2) is 36.4 Å². The maximum absolute atomic E-state index is 13.2. The Morgan fingerprint density at radius 2 is 1.54 bits per heavy atom. The van der Waals surface area contributed by atoms with E-state index in [1.165, 1.54) is 56.9 Å². The number of rotatable bonds is 8. The first kappa shape index (κ1) is 20.8. The molecule has 0 spiro atoms. The molecule has 1 fully saturated rings. The van der Waals surface area contributed by atoms with E-state index < -0.39 is 17.5 Å². The maximum atomic E-state index is 13.2. The van der Waals surface area contributed by atoms with Crippen LogP contribution in [0.1, 0.15) is 75.3 Å². The van der Waals surface area contributed by atoms with Gasteiger partial charge in [-0.15, -0.1) is 0 Å². The molecule has 0 unspecified atom stereocenters. The molecule has 1 saturated carbocycles. The van der Waals surface area contributed by atoms with Gasteiger partial charge >= 0.3 is 0 Å². The third-order valence-corrected chi connectivity index (χ3v) is 5.88. The van der Waals surface area contributed by atoms with Crippen LogP contribution in [0.3, 0.4) is 0 Å². The van der Waals surface area contributed by atoms with Gasteiger partial charge in [-0.05, 0) is 48.6 Å². The van der Waals surface area contributed by atoms with Crippen LogP contribution in [-0.2, 0) is 6.61 Å². The Bertz CT molecular complexity index is 726. The summed E-state index contributed by atoms with van der Waals surface area (Å²) in [5.74, 6) is -2.45. The quantitative estimate of drug-likeness (QED) is 0.334. The Balaban J connectivity index is 1.49. The number of benzene rings is 2. The van der Waals surface area contributed by atoms with Crippen molar-refractivity contribution < 1.29 is 17.9 Å². The minimum Gasteiger partial charge on any atom is -0.489 e. The first-order valence-electron chi connectivity index (χ1n) is 10.4. The highest BCUT2D eigenvalue weighted by Gasteiger charge is 2.22. The Morgan fingerprint density at radius 3 is 2.14 bits per heavy atom. The second-order valence-electron chi connectivity index (χ2n) is 7.94. The molecule has 0 aliphatic heterocycles. The van der Waals surface area contributed by atoms with Gasteiger partial charge in [-0.2, -0.15) is 0 Å². The molecule has 0 amide bonds. The molecular weight excluding hydrogens is 361 g/mol. The summed E-state index contributed by atoms with van der Waals surface area (Å²) in [5.41, 5.74) is 2.27. The van der Waals surface area contributed by atoms with Crippen molar-refractivity contribution in [2.24, 2.45) is 5.92 Å². The van der Waals surface area contributed by atoms with Gasteiger partial charge in [-0.25, -0.2) is 13.2 Å². The monoisotopic (exact) mass is 390 g/mol. The summed E-state index contributed by atoms with van der Waals surface area (Å²) in [6.45, 7) is 2.44. The van der Waals surface area contributed by atoms with Gasteiger partial charge in [0.2, 0.25) is 0 Å². The number of unbranched alkanes of at least 4 members (excludes halogenated alkanes) is 2. The van der Waals surface area contributed by atoms with Gasteiger partial charge in [0.1, 0.15) is 12.4 Å². The van der Waals surface area contributed by atoms with Crippen LogP contribution < -0.4 is 4.74 Å². The van der Waals surface area contributed by atoms with Crippen molar-refractivity contribution in [2.75, 3.05) is 0 Å². The Kier molecular flexibility index (Phi) is 7.41. The Morgan fingerprint density at radius 1 is 0.893 bits per heavy atom. The standard InChI is InChI=1S/C24H29F3O/c1-2-3-4-5-17-6-10-19(11-7-17)20-12-8-18(9-13-20)16-28-21-14-22(25)24(27)23(26)15-21/h8-9,12-15,17,19H,2-7,10-11,16H2,1H3/t17-,19-. The number of halogens is 3. The summed E-state index contributed by atoms with van der Waals surface area (Å²) < 4.78 is 44.9. The average molecular weight is 390 g/mol. The minimum atomic E-state index is -1.48. The molecule has 0 saturated heterocycles.